The standard InChI is InChI=1S/C11H13N3O/c12-9-5-6-10(14-11(13)15)8-4-2-1-3-7(8)9/h1-4,10,12H,5-6H2,(H3,13,14,15). The minimum Gasteiger partial charge on any atom is -0.352 e. The summed E-state index contributed by atoms with van der Waals surface area (Å²) in [6, 6.07) is 7.10. The van der Waals surface area contributed by atoms with Crippen LogP contribution in [0.3, 0.4) is 0 Å². The van der Waals surface area contributed by atoms with Crippen LogP contribution in [-0.2, 0) is 0 Å². The molecular formula is C11H13N3O. The fraction of sp³-hybridized carbons (Fsp3) is 0.273. The molecule has 2 amide bonds. The molecule has 4 N–H and O–H groups in total. The van der Waals surface area contributed by atoms with Gasteiger partial charge in [-0.25, -0.2) is 4.79 Å². The first kappa shape index (κ1) is 9.71. The average molecular weight is 203 g/mol. The van der Waals surface area contributed by atoms with Gasteiger partial charge in [0.1, 0.15) is 0 Å². The summed E-state index contributed by atoms with van der Waals surface area (Å²) in [6.07, 6.45) is 1.43. The fourth-order valence-electron chi connectivity index (χ4n) is 1.98. The molecule has 0 radical (unpaired) electrons. The Kier molecular flexibility index (Phi) is 2.41. The third-order valence-electron chi connectivity index (χ3n) is 2.66. The van der Waals surface area contributed by atoms with Crippen molar-refractivity contribution in [2.24, 2.45) is 5.73 Å². The Balaban J connectivity index is 2.36. The molecule has 1 aliphatic carbocycles. The summed E-state index contributed by atoms with van der Waals surface area (Å²) < 4.78 is 0. The molecule has 0 aromatic heterocycles. The molecule has 0 spiro atoms. The van der Waals surface area contributed by atoms with E-state index >= 15 is 0 Å². The molecule has 1 aromatic rings. The highest BCUT2D eigenvalue weighted by molar-refractivity contribution is 6.00. The molecule has 1 aromatic carbocycles. The number of rotatable bonds is 1. The summed E-state index contributed by atoms with van der Waals surface area (Å²) in [4.78, 5) is 10.8. The molecule has 1 atom stereocenters. The Morgan fingerprint density at radius 3 is 2.93 bits per heavy atom. The van der Waals surface area contributed by atoms with E-state index in [1.807, 2.05) is 24.3 Å². The largest absolute Gasteiger partial charge is 0.352 e. The maximum absolute atomic E-state index is 10.8. The van der Waals surface area contributed by atoms with Crippen molar-refractivity contribution >= 4 is 11.7 Å². The molecule has 0 saturated carbocycles. The van der Waals surface area contributed by atoms with Gasteiger partial charge >= 0.3 is 6.03 Å². The number of benzene rings is 1. The van der Waals surface area contributed by atoms with Gasteiger partial charge in [-0.05, 0) is 18.4 Å². The van der Waals surface area contributed by atoms with Gasteiger partial charge in [-0.1, -0.05) is 24.3 Å². The topological polar surface area (TPSA) is 79.0 Å². The molecule has 15 heavy (non-hydrogen) atoms. The third-order valence-corrected chi connectivity index (χ3v) is 2.66. The number of carbonyl (C=O) groups excluding carboxylic acids is 1. The number of amides is 2. The summed E-state index contributed by atoms with van der Waals surface area (Å²) in [6.45, 7) is 0. The molecule has 0 fully saturated rings. The second-order valence-corrected chi connectivity index (χ2v) is 3.67. The number of urea groups is 1. The average Bonchev–Trinajstić information content (AvgIpc) is 2.22. The van der Waals surface area contributed by atoms with E-state index in [9.17, 15) is 4.79 Å². The quantitative estimate of drug-likeness (QED) is 0.636. The lowest BCUT2D eigenvalue weighted by molar-refractivity contribution is 0.244. The van der Waals surface area contributed by atoms with Gasteiger partial charge in [-0.2, -0.15) is 0 Å². The van der Waals surface area contributed by atoms with Gasteiger partial charge in [0.25, 0.3) is 0 Å². The predicted octanol–water partition coefficient (Wildman–Crippen LogP) is 1.56. The number of primary amides is 1. The van der Waals surface area contributed by atoms with Crippen LogP contribution in [0.1, 0.15) is 30.0 Å². The fourth-order valence-corrected chi connectivity index (χ4v) is 1.98. The van der Waals surface area contributed by atoms with E-state index in [0.717, 1.165) is 17.5 Å². The van der Waals surface area contributed by atoms with Crippen molar-refractivity contribution in [3.63, 3.8) is 0 Å². The van der Waals surface area contributed by atoms with Crippen molar-refractivity contribution in [2.45, 2.75) is 18.9 Å². The lowest BCUT2D eigenvalue weighted by Crippen LogP contribution is -2.35. The van der Waals surface area contributed by atoms with Crippen molar-refractivity contribution in [1.29, 1.82) is 5.41 Å². The number of carbonyl (C=O) groups is 1. The Morgan fingerprint density at radius 1 is 1.47 bits per heavy atom. The van der Waals surface area contributed by atoms with Gasteiger partial charge < -0.3 is 16.5 Å². The Morgan fingerprint density at radius 2 is 2.20 bits per heavy atom. The van der Waals surface area contributed by atoms with E-state index in [4.69, 9.17) is 11.1 Å². The molecule has 0 heterocycles. The molecule has 0 aliphatic heterocycles. The second kappa shape index (κ2) is 3.73. The normalized spacial score (nSPS) is 19.5. The molecule has 0 bridgehead atoms. The van der Waals surface area contributed by atoms with Crippen LogP contribution in [0.25, 0.3) is 0 Å². The van der Waals surface area contributed by atoms with Crippen LogP contribution in [0.5, 0.6) is 0 Å². The molecule has 1 aliphatic rings. The summed E-state index contributed by atoms with van der Waals surface area (Å²) in [5.74, 6) is 0. The van der Waals surface area contributed by atoms with E-state index in [1.165, 1.54) is 0 Å². The highest BCUT2D eigenvalue weighted by atomic mass is 16.2. The van der Waals surface area contributed by atoms with Gasteiger partial charge in [-0.15, -0.1) is 0 Å². The summed E-state index contributed by atoms with van der Waals surface area (Å²) in [7, 11) is 0. The van der Waals surface area contributed by atoms with Gasteiger partial charge in [-0.3, -0.25) is 0 Å². The number of fused-ring (bicyclic) bond motifs is 1. The molecule has 78 valence electrons. The molecule has 2 rings (SSSR count). The van der Waals surface area contributed by atoms with Gasteiger partial charge in [0, 0.05) is 11.3 Å². The summed E-state index contributed by atoms with van der Waals surface area (Å²) in [5, 5.41) is 10.5. The lowest BCUT2D eigenvalue weighted by atomic mass is 9.86. The van der Waals surface area contributed by atoms with Crippen molar-refractivity contribution in [1.82, 2.24) is 5.32 Å². The van der Waals surface area contributed by atoms with Gasteiger partial charge in [0.15, 0.2) is 0 Å². The second-order valence-electron chi connectivity index (χ2n) is 3.67. The van der Waals surface area contributed by atoms with Crippen LogP contribution >= 0.6 is 0 Å². The van der Waals surface area contributed by atoms with Gasteiger partial charge in [0.2, 0.25) is 0 Å². The van der Waals surface area contributed by atoms with E-state index in [2.05, 4.69) is 5.32 Å². The van der Waals surface area contributed by atoms with Crippen LogP contribution in [0.4, 0.5) is 4.79 Å². The van der Waals surface area contributed by atoms with Crippen molar-refractivity contribution in [3.05, 3.63) is 35.4 Å². The number of nitrogens with one attached hydrogen (secondary N) is 2. The third kappa shape index (κ3) is 1.83. The first-order chi connectivity index (χ1) is 7.18. The van der Waals surface area contributed by atoms with Crippen LogP contribution in [-0.4, -0.2) is 11.7 Å². The Hall–Kier alpha value is -1.84. The zero-order valence-electron chi connectivity index (χ0n) is 8.29. The minimum atomic E-state index is -0.511. The predicted molar refractivity (Wildman–Crippen MR) is 58.0 cm³/mol. The summed E-state index contributed by atoms with van der Waals surface area (Å²) in [5.41, 5.74) is 7.66. The molecule has 4 nitrogen and oxygen atoms in total. The Labute approximate surface area is 88.0 Å². The number of hydrogen-bond donors (Lipinski definition) is 3. The lowest BCUT2D eigenvalue weighted by Gasteiger charge is -2.26. The van der Waals surface area contributed by atoms with Crippen LogP contribution in [0, 0.1) is 5.41 Å². The van der Waals surface area contributed by atoms with E-state index in [0.29, 0.717) is 12.1 Å². The molecule has 1 unspecified atom stereocenters. The van der Waals surface area contributed by atoms with E-state index in [1.54, 1.807) is 0 Å². The van der Waals surface area contributed by atoms with Crippen molar-refractivity contribution < 1.29 is 4.79 Å². The van der Waals surface area contributed by atoms with Crippen LogP contribution in [0.15, 0.2) is 24.3 Å². The highest BCUT2D eigenvalue weighted by Crippen LogP contribution is 2.29. The van der Waals surface area contributed by atoms with E-state index < -0.39 is 6.03 Å². The first-order valence-corrected chi connectivity index (χ1v) is 4.91. The maximum Gasteiger partial charge on any atom is 0.312 e. The smallest absolute Gasteiger partial charge is 0.312 e. The highest BCUT2D eigenvalue weighted by Gasteiger charge is 2.23. The zero-order chi connectivity index (χ0) is 10.8. The van der Waals surface area contributed by atoms with Crippen LogP contribution < -0.4 is 11.1 Å². The number of nitrogens with two attached hydrogens (primary N) is 1. The molecular weight excluding hydrogens is 190 g/mol. The molecule has 4 heteroatoms. The van der Waals surface area contributed by atoms with Crippen LogP contribution in [0.2, 0.25) is 0 Å². The van der Waals surface area contributed by atoms with Crippen molar-refractivity contribution in [3.8, 4) is 0 Å². The molecule has 0 saturated heterocycles. The Bertz CT molecular complexity index is 414. The summed E-state index contributed by atoms with van der Waals surface area (Å²) >= 11 is 0. The monoisotopic (exact) mass is 203 g/mol. The van der Waals surface area contributed by atoms with Crippen molar-refractivity contribution in [2.75, 3.05) is 0 Å². The maximum atomic E-state index is 10.8. The van der Waals surface area contributed by atoms with E-state index in [-0.39, 0.29) is 6.04 Å². The zero-order valence-corrected chi connectivity index (χ0v) is 8.29. The SMILES string of the molecule is N=C1CCC(NC(N)=O)c2ccccc21. The number of hydrogen-bond acceptors (Lipinski definition) is 2. The minimum absolute atomic E-state index is 0.0483. The van der Waals surface area contributed by atoms with Gasteiger partial charge in [0.05, 0.1) is 6.04 Å². The first-order valence-electron chi connectivity index (χ1n) is 4.91.